The zero-order valence-corrected chi connectivity index (χ0v) is 11.8. The molecule has 0 unspecified atom stereocenters. The minimum absolute atomic E-state index is 0.0208. The lowest BCUT2D eigenvalue weighted by Gasteiger charge is -2.27. The number of nitrogens with zero attached hydrogens (tertiary/aromatic N) is 2. The second-order valence-corrected chi connectivity index (χ2v) is 5.13. The van der Waals surface area contributed by atoms with Gasteiger partial charge in [-0.2, -0.15) is 5.10 Å². The Bertz CT molecular complexity index is 409. The first kappa shape index (κ1) is 14.1. The van der Waals surface area contributed by atoms with Crippen LogP contribution in [0.2, 0.25) is 0 Å². The Morgan fingerprint density at radius 3 is 2.79 bits per heavy atom. The maximum Gasteiger partial charge on any atom is 0.308 e. The molecule has 0 amide bonds. The zero-order valence-electron chi connectivity index (χ0n) is 11.8. The van der Waals surface area contributed by atoms with Gasteiger partial charge in [-0.15, -0.1) is 0 Å². The standard InChI is InChI=1S/C14H23N3O2/c1-3-19-14(18)11-4-6-12(7-5-11)15-10-13-8-9-16-17(13)2/h8-9,11-12,15H,3-7,10H2,1-2H3. The Morgan fingerprint density at radius 2 is 2.21 bits per heavy atom. The second kappa shape index (κ2) is 6.70. The zero-order chi connectivity index (χ0) is 13.7. The van der Waals surface area contributed by atoms with E-state index in [-0.39, 0.29) is 11.9 Å². The van der Waals surface area contributed by atoms with E-state index < -0.39 is 0 Å². The number of rotatable bonds is 5. The molecular weight excluding hydrogens is 242 g/mol. The number of hydrogen-bond donors (Lipinski definition) is 1. The van der Waals surface area contributed by atoms with Gasteiger partial charge in [0.25, 0.3) is 0 Å². The molecule has 0 radical (unpaired) electrons. The summed E-state index contributed by atoms with van der Waals surface area (Å²) in [6.45, 7) is 3.18. The van der Waals surface area contributed by atoms with Crippen LogP contribution in [-0.4, -0.2) is 28.4 Å². The highest BCUT2D eigenvalue weighted by molar-refractivity contribution is 5.72. The van der Waals surface area contributed by atoms with Crippen LogP contribution in [-0.2, 0) is 23.1 Å². The summed E-state index contributed by atoms with van der Waals surface area (Å²) in [5.41, 5.74) is 1.19. The summed E-state index contributed by atoms with van der Waals surface area (Å²) >= 11 is 0. The van der Waals surface area contributed by atoms with Gasteiger partial charge in [0, 0.05) is 25.8 Å². The Kier molecular flexibility index (Phi) is 4.96. The maximum atomic E-state index is 11.6. The van der Waals surface area contributed by atoms with Gasteiger partial charge >= 0.3 is 5.97 Å². The van der Waals surface area contributed by atoms with Crippen molar-refractivity contribution in [1.29, 1.82) is 0 Å². The molecule has 19 heavy (non-hydrogen) atoms. The normalized spacial score (nSPS) is 23.3. The van der Waals surface area contributed by atoms with E-state index in [1.807, 2.05) is 30.9 Å². The third-order valence-corrected chi connectivity index (χ3v) is 3.84. The molecule has 0 aromatic carbocycles. The van der Waals surface area contributed by atoms with Gasteiger partial charge in [-0.1, -0.05) is 0 Å². The molecule has 1 aliphatic rings. The fourth-order valence-corrected chi connectivity index (χ4v) is 2.62. The molecule has 0 bridgehead atoms. The topological polar surface area (TPSA) is 56.1 Å². The third kappa shape index (κ3) is 3.80. The van der Waals surface area contributed by atoms with E-state index in [0.717, 1.165) is 32.2 Å². The summed E-state index contributed by atoms with van der Waals surface area (Å²) in [6, 6.07) is 2.53. The molecule has 0 saturated heterocycles. The molecule has 1 saturated carbocycles. The average molecular weight is 265 g/mol. The molecule has 1 aromatic rings. The summed E-state index contributed by atoms with van der Waals surface area (Å²) in [5.74, 6) is 0.0855. The molecule has 106 valence electrons. The SMILES string of the molecule is CCOC(=O)C1CCC(NCc2ccnn2C)CC1. The van der Waals surface area contributed by atoms with Gasteiger partial charge < -0.3 is 10.1 Å². The van der Waals surface area contributed by atoms with E-state index in [1.54, 1.807) is 0 Å². The molecule has 0 atom stereocenters. The Labute approximate surface area is 114 Å². The molecule has 1 aliphatic carbocycles. The minimum atomic E-state index is -0.0208. The highest BCUT2D eigenvalue weighted by Crippen LogP contribution is 2.25. The molecule has 0 spiro atoms. The van der Waals surface area contributed by atoms with E-state index in [1.165, 1.54) is 5.69 Å². The van der Waals surface area contributed by atoms with Gasteiger partial charge in [-0.25, -0.2) is 0 Å². The Hall–Kier alpha value is -1.36. The molecule has 0 aliphatic heterocycles. The van der Waals surface area contributed by atoms with Crippen molar-refractivity contribution in [1.82, 2.24) is 15.1 Å². The number of carbonyl (C=O) groups excluding carboxylic acids is 1. The summed E-state index contributed by atoms with van der Waals surface area (Å²) in [4.78, 5) is 11.6. The van der Waals surface area contributed by atoms with Crippen LogP contribution in [0.4, 0.5) is 0 Å². The smallest absolute Gasteiger partial charge is 0.308 e. The van der Waals surface area contributed by atoms with E-state index >= 15 is 0 Å². The van der Waals surface area contributed by atoms with Gasteiger partial charge in [0.2, 0.25) is 0 Å². The number of carbonyl (C=O) groups is 1. The number of ether oxygens (including phenoxy) is 1. The monoisotopic (exact) mass is 265 g/mol. The van der Waals surface area contributed by atoms with Crippen molar-refractivity contribution >= 4 is 5.97 Å². The van der Waals surface area contributed by atoms with Crippen molar-refractivity contribution in [3.05, 3.63) is 18.0 Å². The summed E-state index contributed by atoms with van der Waals surface area (Å²) in [5, 5.41) is 7.69. The van der Waals surface area contributed by atoms with E-state index in [2.05, 4.69) is 10.4 Å². The number of esters is 1. The number of nitrogens with one attached hydrogen (secondary N) is 1. The van der Waals surface area contributed by atoms with Crippen LogP contribution in [0.25, 0.3) is 0 Å². The Balaban J connectivity index is 1.72. The molecule has 5 heteroatoms. The van der Waals surface area contributed by atoms with Crippen LogP contribution in [0.1, 0.15) is 38.3 Å². The maximum absolute atomic E-state index is 11.6. The highest BCUT2D eigenvalue weighted by Gasteiger charge is 2.26. The van der Waals surface area contributed by atoms with Crippen LogP contribution >= 0.6 is 0 Å². The predicted molar refractivity (Wildman–Crippen MR) is 72.4 cm³/mol. The van der Waals surface area contributed by atoms with Crippen molar-refractivity contribution in [3.63, 3.8) is 0 Å². The van der Waals surface area contributed by atoms with Gasteiger partial charge in [0.05, 0.1) is 18.2 Å². The summed E-state index contributed by atoms with van der Waals surface area (Å²) in [6.07, 6.45) is 5.76. The number of aryl methyl sites for hydroxylation is 1. The highest BCUT2D eigenvalue weighted by atomic mass is 16.5. The lowest BCUT2D eigenvalue weighted by Crippen LogP contribution is -2.35. The second-order valence-electron chi connectivity index (χ2n) is 5.13. The van der Waals surface area contributed by atoms with Crippen LogP contribution < -0.4 is 5.32 Å². The number of hydrogen-bond acceptors (Lipinski definition) is 4. The fourth-order valence-electron chi connectivity index (χ4n) is 2.62. The lowest BCUT2D eigenvalue weighted by atomic mass is 9.86. The molecule has 1 heterocycles. The first-order chi connectivity index (χ1) is 9.20. The van der Waals surface area contributed by atoms with Crippen LogP contribution in [0, 0.1) is 5.92 Å². The van der Waals surface area contributed by atoms with Gasteiger partial charge in [0.1, 0.15) is 0 Å². The molecule has 1 aromatic heterocycles. The Morgan fingerprint density at radius 1 is 1.47 bits per heavy atom. The molecule has 1 fully saturated rings. The predicted octanol–water partition coefficient (Wildman–Crippen LogP) is 1.63. The van der Waals surface area contributed by atoms with E-state index in [9.17, 15) is 4.79 Å². The lowest BCUT2D eigenvalue weighted by molar-refractivity contribution is -0.149. The largest absolute Gasteiger partial charge is 0.466 e. The van der Waals surface area contributed by atoms with Crippen molar-refractivity contribution < 1.29 is 9.53 Å². The van der Waals surface area contributed by atoms with Gasteiger partial charge in [0.15, 0.2) is 0 Å². The van der Waals surface area contributed by atoms with Crippen LogP contribution in [0.5, 0.6) is 0 Å². The van der Waals surface area contributed by atoms with Crippen molar-refractivity contribution in [2.24, 2.45) is 13.0 Å². The number of aromatic nitrogens is 2. The van der Waals surface area contributed by atoms with Crippen molar-refractivity contribution in [2.75, 3.05) is 6.61 Å². The van der Waals surface area contributed by atoms with Crippen LogP contribution in [0.3, 0.4) is 0 Å². The summed E-state index contributed by atoms with van der Waals surface area (Å²) in [7, 11) is 1.95. The molecule has 2 rings (SSSR count). The van der Waals surface area contributed by atoms with E-state index in [0.29, 0.717) is 12.6 Å². The van der Waals surface area contributed by atoms with Crippen molar-refractivity contribution in [3.8, 4) is 0 Å². The molecule has 1 N–H and O–H groups in total. The fraction of sp³-hybridized carbons (Fsp3) is 0.714. The van der Waals surface area contributed by atoms with Crippen molar-refractivity contribution in [2.45, 2.75) is 45.2 Å². The minimum Gasteiger partial charge on any atom is -0.466 e. The summed E-state index contributed by atoms with van der Waals surface area (Å²) < 4.78 is 6.97. The molecular formula is C14H23N3O2. The third-order valence-electron chi connectivity index (χ3n) is 3.84. The average Bonchev–Trinajstić information content (AvgIpc) is 2.83. The first-order valence-corrected chi connectivity index (χ1v) is 7.07. The van der Waals surface area contributed by atoms with E-state index in [4.69, 9.17) is 4.74 Å². The molecule has 5 nitrogen and oxygen atoms in total. The van der Waals surface area contributed by atoms with Gasteiger partial charge in [-0.3, -0.25) is 9.48 Å². The van der Waals surface area contributed by atoms with Gasteiger partial charge in [-0.05, 0) is 38.7 Å². The first-order valence-electron chi connectivity index (χ1n) is 7.07. The quantitative estimate of drug-likeness (QED) is 0.822. The van der Waals surface area contributed by atoms with Crippen LogP contribution in [0.15, 0.2) is 12.3 Å².